The minimum Gasteiger partial charge on any atom is -0.490 e. The number of halogens is 1. The lowest BCUT2D eigenvalue weighted by Gasteiger charge is -2.15. The Hall–Kier alpha value is -2.58. The molecule has 114 valence electrons. The monoisotopic (exact) mass is 301 g/mol. The lowest BCUT2D eigenvalue weighted by molar-refractivity contribution is 0.0622. The van der Waals surface area contributed by atoms with E-state index in [4.69, 9.17) is 14.7 Å². The molecule has 0 amide bonds. The number of nitrogens with zero attached hydrogens (tertiary/aromatic N) is 1. The number of aryl methyl sites for hydroxylation is 1. The van der Waals surface area contributed by atoms with E-state index in [0.717, 1.165) is 5.56 Å². The highest BCUT2D eigenvalue weighted by molar-refractivity contribution is 5.43. The summed E-state index contributed by atoms with van der Waals surface area (Å²) in [7, 11) is 0. The van der Waals surface area contributed by atoms with Gasteiger partial charge in [0, 0.05) is 0 Å². The van der Waals surface area contributed by atoms with E-state index in [0.29, 0.717) is 5.75 Å². The molecule has 0 aliphatic carbocycles. The summed E-state index contributed by atoms with van der Waals surface area (Å²) in [5.41, 5.74) is 0.794. The molecule has 0 saturated heterocycles. The maximum atomic E-state index is 13.4. The van der Waals surface area contributed by atoms with Crippen LogP contribution in [0.1, 0.15) is 11.1 Å². The van der Waals surface area contributed by atoms with Crippen LogP contribution in [-0.4, -0.2) is 24.4 Å². The predicted molar refractivity (Wildman–Crippen MR) is 79.3 cm³/mol. The molecule has 2 aromatic carbocycles. The first-order chi connectivity index (χ1) is 10.6. The van der Waals surface area contributed by atoms with Crippen molar-refractivity contribution in [3.63, 3.8) is 0 Å². The van der Waals surface area contributed by atoms with Crippen LogP contribution in [0.15, 0.2) is 42.5 Å². The fourth-order valence-corrected chi connectivity index (χ4v) is 1.87. The third-order valence-corrected chi connectivity index (χ3v) is 3.04. The molecular weight excluding hydrogens is 285 g/mol. The van der Waals surface area contributed by atoms with Crippen LogP contribution in [0.3, 0.4) is 0 Å². The van der Waals surface area contributed by atoms with Crippen LogP contribution >= 0.6 is 0 Å². The summed E-state index contributed by atoms with van der Waals surface area (Å²) >= 11 is 0. The largest absolute Gasteiger partial charge is 0.490 e. The van der Waals surface area contributed by atoms with Crippen molar-refractivity contribution in [2.75, 3.05) is 13.2 Å². The minimum atomic E-state index is -0.894. The third-order valence-electron chi connectivity index (χ3n) is 3.04. The Morgan fingerprint density at radius 1 is 1.09 bits per heavy atom. The highest BCUT2D eigenvalue weighted by atomic mass is 19.1. The molecule has 0 aliphatic rings. The second-order valence-electron chi connectivity index (χ2n) is 4.77. The Kier molecular flexibility index (Phi) is 5.34. The highest BCUT2D eigenvalue weighted by Crippen LogP contribution is 2.21. The van der Waals surface area contributed by atoms with Crippen molar-refractivity contribution >= 4 is 0 Å². The quantitative estimate of drug-likeness (QED) is 0.891. The normalized spacial score (nSPS) is 11.5. The van der Waals surface area contributed by atoms with Crippen LogP contribution in [-0.2, 0) is 0 Å². The number of aliphatic hydroxyl groups is 1. The third kappa shape index (κ3) is 3.96. The standard InChI is InChI=1S/C17H16FNO3/c1-12-5-2-3-7-16(12)21-10-13(20)11-22-17-8-4-6-15(18)14(17)9-19/h2-8,13,20H,10-11H2,1H3. The van der Waals surface area contributed by atoms with Gasteiger partial charge in [-0.2, -0.15) is 5.26 Å². The maximum Gasteiger partial charge on any atom is 0.144 e. The smallest absolute Gasteiger partial charge is 0.144 e. The van der Waals surface area contributed by atoms with Gasteiger partial charge in [0.15, 0.2) is 0 Å². The van der Waals surface area contributed by atoms with Crippen molar-refractivity contribution in [2.45, 2.75) is 13.0 Å². The van der Waals surface area contributed by atoms with Gasteiger partial charge in [0.1, 0.15) is 48.3 Å². The average molecular weight is 301 g/mol. The van der Waals surface area contributed by atoms with E-state index < -0.39 is 11.9 Å². The summed E-state index contributed by atoms with van der Waals surface area (Å²) in [4.78, 5) is 0. The first kappa shape index (κ1) is 15.8. The molecule has 0 saturated carbocycles. The Morgan fingerprint density at radius 2 is 1.73 bits per heavy atom. The summed E-state index contributed by atoms with van der Waals surface area (Å²) < 4.78 is 24.2. The summed E-state index contributed by atoms with van der Waals surface area (Å²) in [6.07, 6.45) is -0.894. The molecule has 0 aliphatic heterocycles. The van der Waals surface area contributed by atoms with Gasteiger partial charge in [0.2, 0.25) is 0 Å². The van der Waals surface area contributed by atoms with Gasteiger partial charge in [-0.3, -0.25) is 0 Å². The predicted octanol–water partition coefficient (Wildman–Crippen LogP) is 2.82. The molecule has 1 N–H and O–H groups in total. The van der Waals surface area contributed by atoms with Gasteiger partial charge in [0.25, 0.3) is 0 Å². The van der Waals surface area contributed by atoms with Crippen molar-refractivity contribution in [2.24, 2.45) is 0 Å². The Labute approximate surface area is 128 Å². The van der Waals surface area contributed by atoms with Gasteiger partial charge in [-0.25, -0.2) is 4.39 Å². The molecule has 4 nitrogen and oxygen atoms in total. The second-order valence-corrected chi connectivity index (χ2v) is 4.77. The molecule has 0 fully saturated rings. The SMILES string of the molecule is Cc1ccccc1OCC(O)COc1cccc(F)c1C#N. The number of benzene rings is 2. The van der Waals surface area contributed by atoms with Crippen LogP contribution in [0, 0.1) is 24.1 Å². The zero-order valence-electron chi connectivity index (χ0n) is 12.1. The maximum absolute atomic E-state index is 13.4. The van der Waals surface area contributed by atoms with Gasteiger partial charge in [-0.1, -0.05) is 24.3 Å². The minimum absolute atomic E-state index is 0.0437. The van der Waals surface area contributed by atoms with Gasteiger partial charge >= 0.3 is 0 Å². The van der Waals surface area contributed by atoms with Gasteiger partial charge in [-0.15, -0.1) is 0 Å². The van der Waals surface area contributed by atoms with E-state index in [1.54, 1.807) is 6.07 Å². The fourth-order valence-electron chi connectivity index (χ4n) is 1.87. The van der Waals surface area contributed by atoms with Gasteiger partial charge < -0.3 is 14.6 Å². The number of para-hydroxylation sites is 1. The average Bonchev–Trinajstić information content (AvgIpc) is 2.52. The van der Waals surface area contributed by atoms with Crippen LogP contribution in [0.25, 0.3) is 0 Å². The van der Waals surface area contributed by atoms with E-state index in [1.807, 2.05) is 31.2 Å². The van der Waals surface area contributed by atoms with Crippen molar-refractivity contribution in [3.8, 4) is 17.6 Å². The van der Waals surface area contributed by atoms with Crippen LogP contribution in [0.4, 0.5) is 4.39 Å². The van der Waals surface area contributed by atoms with Gasteiger partial charge in [-0.05, 0) is 30.7 Å². The number of hydrogen-bond donors (Lipinski definition) is 1. The molecule has 0 aromatic heterocycles. The zero-order valence-corrected chi connectivity index (χ0v) is 12.1. The highest BCUT2D eigenvalue weighted by Gasteiger charge is 2.12. The Balaban J connectivity index is 1.89. The number of nitriles is 1. The first-order valence-electron chi connectivity index (χ1n) is 6.79. The van der Waals surface area contributed by atoms with E-state index in [2.05, 4.69) is 0 Å². The molecule has 5 heteroatoms. The number of aliphatic hydroxyl groups excluding tert-OH is 1. The number of hydrogen-bond acceptors (Lipinski definition) is 4. The molecule has 0 spiro atoms. The number of ether oxygens (including phenoxy) is 2. The molecule has 0 bridgehead atoms. The summed E-state index contributed by atoms with van der Waals surface area (Å²) in [6.45, 7) is 1.86. The fraction of sp³-hybridized carbons (Fsp3) is 0.235. The Morgan fingerprint density at radius 3 is 2.41 bits per heavy atom. The molecule has 22 heavy (non-hydrogen) atoms. The Bertz CT molecular complexity index is 682. The van der Waals surface area contributed by atoms with Crippen molar-refractivity contribution < 1.29 is 19.0 Å². The zero-order chi connectivity index (χ0) is 15.9. The second kappa shape index (κ2) is 7.43. The molecule has 1 unspecified atom stereocenters. The van der Waals surface area contributed by atoms with Crippen molar-refractivity contribution in [1.82, 2.24) is 0 Å². The molecular formula is C17H16FNO3. The lowest BCUT2D eigenvalue weighted by Crippen LogP contribution is -2.25. The van der Waals surface area contributed by atoms with Crippen molar-refractivity contribution in [1.29, 1.82) is 5.26 Å². The van der Waals surface area contributed by atoms with Crippen LogP contribution in [0.2, 0.25) is 0 Å². The van der Waals surface area contributed by atoms with E-state index in [1.165, 1.54) is 18.2 Å². The van der Waals surface area contributed by atoms with Gasteiger partial charge in [0.05, 0.1) is 0 Å². The van der Waals surface area contributed by atoms with E-state index >= 15 is 0 Å². The molecule has 0 radical (unpaired) electrons. The molecule has 0 heterocycles. The summed E-state index contributed by atoms with van der Waals surface area (Å²) in [6, 6.07) is 13.3. The lowest BCUT2D eigenvalue weighted by atomic mass is 10.2. The molecule has 1 atom stereocenters. The molecule has 2 aromatic rings. The van der Waals surface area contributed by atoms with E-state index in [9.17, 15) is 9.50 Å². The summed E-state index contributed by atoms with van der Waals surface area (Å²) in [5, 5.41) is 18.8. The number of rotatable bonds is 6. The topological polar surface area (TPSA) is 62.5 Å². The summed E-state index contributed by atoms with van der Waals surface area (Å²) in [5.74, 6) is 0.146. The molecule has 2 rings (SSSR count). The van der Waals surface area contributed by atoms with Crippen LogP contribution < -0.4 is 9.47 Å². The van der Waals surface area contributed by atoms with Crippen molar-refractivity contribution in [3.05, 3.63) is 59.4 Å². The first-order valence-corrected chi connectivity index (χ1v) is 6.79. The van der Waals surface area contributed by atoms with E-state index in [-0.39, 0.29) is 24.5 Å². The van der Waals surface area contributed by atoms with Crippen LogP contribution in [0.5, 0.6) is 11.5 Å².